The Balaban J connectivity index is 1.70. The van der Waals surface area contributed by atoms with Crippen LogP contribution in [0.15, 0.2) is 59.7 Å². The van der Waals surface area contributed by atoms with E-state index in [1.807, 2.05) is 30.3 Å². The molecule has 33 heavy (non-hydrogen) atoms. The number of ether oxygens (including phenoxy) is 4. The van der Waals surface area contributed by atoms with E-state index in [9.17, 15) is 4.79 Å². The molecule has 0 aliphatic heterocycles. The molecule has 0 fully saturated rings. The van der Waals surface area contributed by atoms with Crippen molar-refractivity contribution in [1.82, 2.24) is 5.43 Å². The molecule has 0 unspecified atom stereocenters. The lowest BCUT2D eigenvalue weighted by atomic mass is 10.2. The van der Waals surface area contributed by atoms with Gasteiger partial charge in [-0.3, -0.25) is 4.79 Å². The lowest BCUT2D eigenvalue weighted by Gasteiger charge is -2.14. The second-order valence-corrected chi connectivity index (χ2v) is 8.25. The second-order valence-electron chi connectivity index (χ2n) is 6.68. The number of hydrogen-bond donors (Lipinski definition) is 1. The number of rotatable bonds is 9. The van der Waals surface area contributed by atoms with Crippen LogP contribution in [0.5, 0.6) is 23.0 Å². The number of carbonyl (C=O) groups excluding carboxylic acids is 1. The molecule has 172 valence electrons. The zero-order valence-electron chi connectivity index (χ0n) is 18.2. The number of hydrazone groups is 1. The van der Waals surface area contributed by atoms with Gasteiger partial charge in [0.15, 0.2) is 23.0 Å². The summed E-state index contributed by atoms with van der Waals surface area (Å²) in [6.45, 7) is 0.306. The van der Waals surface area contributed by atoms with E-state index in [1.165, 1.54) is 20.4 Å². The molecule has 1 N–H and O–H groups in total. The fourth-order valence-electron chi connectivity index (χ4n) is 2.93. The summed E-state index contributed by atoms with van der Waals surface area (Å²) in [5.74, 6) is 1.76. The Labute approximate surface area is 210 Å². The Kier molecular flexibility index (Phi) is 8.79. The van der Waals surface area contributed by atoms with Gasteiger partial charge in [0.25, 0.3) is 5.91 Å². The monoisotopic (exact) mass is 580 g/mol. The van der Waals surface area contributed by atoms with Crippen molar-refractivity contribution in [2.75, 3.05) is 21.3 Å². The molecule has 9 heteroatoms. The SMILES string of the molecule is COc1ccc(C(=O)N/N=C/c2cc(I)c(OCc3ccccc3Cl)c(OC)c2)cc1OC. The summed E-state index contributed by atoms with van der Waals surface area (Å²) in [6, 6.07) is 16.0. The number of nitrogens with one attached hydrogen (secondary N) is 1. The summed E-state index contributed by atoms with van der Waals surface area (Å²) >= 11 is 8.37. The van der Waals surface area contributed by atoms with Crippen LogP contribution >= 0.6 is 34.2 Å². The fraction of sp³-hybridized carbons (Fsp3) is 0.167. The van der Waals surface area contributed by atoms with Crippen molar-refractivity contribution < 1.29 is 23.7 Å². The summed E-state index contributed by atoms with van der Waals surface area (Å²) < 4.78 is 22.7. The molecule has 1 amide bonds. The Bertz CT molecular complexity index is 1170. The molecule has 0 heterocycles. The van der Waals surface area contributed by atoms with Crippen molar-refractivity contribution in [3.05, 3.63) is 79.9 Å². The number of nitrogens with zero attached hydrogens (tertiary/aromatic N) is 1. The molecule has 0 aliphatic carbocycles. The van der Waals surface area contributed by atoms with Crippen LogP contribution in [-0.2, 0) is 6.61 Å². The third-order valence-electron chi connectivity index (χ3n) is 4.61. The minimum atomic E-state index is -0.381. The van der Waals surface area contributed by atoms with Crippen LogP contribution in [0.2, 0.25) is 5.02 Å². The van der Waals surface area contributed by atoms with Crippen molar-refractivity contribution in [2.45, 2.75) is 6.61 Å². The number of methoxy groups -OCH3 is 3. The van der Waals surface area contributed by atoms with Gasteiger partial charge in [-0.15, -0.1) is 0 Å². The van der Waals surface area contributed by atoms with Crippen LogP contribution in [0.3, 0.4) is 0 Å². The highest BCUT2D eigenvalue weighted by Gasteiger charge is 2.13. The molecule has 0 atom stereocenters. The summed E-state index contributed by atoms with van der Waals surface area (Å²) in [4.78, 5) is 12.4. The Morgan fingerprint density at radius 3 is 2.42 bits per heavy atom. The van der Waals surface area contributed by atoms with E-state index in [2.05, 4.69) is 33.1 Å². The first-order valence-electron chi connectivity index (χ1n) is 9.76. The lowest BCUT2D eigenvalue weighted by Crippen LogP contribution is -2.17. The number of halogens is 2. The molecule has 3 aromatic carbocycles. The highest BCUT2D eigenvalue weighted by molar-refractivity contribution is 14.1. The number of hydrogen-bond acceptors (Lipinski definition) is 6. The van der Waals surface area contributed by atoms with E-state index < -0.39 is 0 Å². The van der Waals surface area contributed by atoms with E-state index in [4.69, 9.17) is 30.5 Å². The van der Waals surface area contributed by atoms with Gasteiger partial charge in [-0.25, -0.2) is 5.43 Å². The molecule has 7 nitrogen and oxygen atoms in total. The van der Waals surface area contributed by atoms with Gasteiger partial charge < -0.3 is 18.9 Å². The van der Waals surface area contributed by atoms with Crippen LogP contribution in [-0.4, -0.2) is 33.5 Å². The number of benzene rings is 3. The average molecular weight is 581 g/mol. The van der Waals surface area contributed by atoms with E-state index in [1.54, 1.807) is 31.4 Å². The summed E-state index contributed by atoms with van der Waals surface area (Å²) in [5.41, 5.74) is 4.50. The first kappa shape index (κ1) is 24.7. The van der Waals surface area contributed by atoms with E-state index in [0.29, 0.717) is 40.2 Å². The smallest absolute Gasteiger partial charge is 0.271 e. The van der Waals surface area contributed by atoms with Crippen LogP contribution < -0.4 is 24.4 Å². The van der Waals surface area contributed by atoms with Crippen molar-refractivity contribution in [3.63, 3.8) is 0 Å². The topological polar surface area (TPSA) is 78.4 Å². The highest BCUT2D eigenvalue weighted by Crippen LogP contribution is 2.34. The normalized spacial score (nSPS) is 10.7. The molecule has 0 spiro atoms. The van der Waals surface area contributed by atoms with Gasteiger partial charge in [0, 0.05) is 16.1 Å². The molecule has 0 aromatic heterocycles. The predicted octanol–water partition coefficient (Wildman–Crippen LogP) is 5.31. The van der Waals surface area contributed by atoms with Gasteiger partial charge in [0.2, 0.25) is 0 Å². The van der Waals surface area contributed by atoms with Crippen molar-refractivity contribution >= 4 is 46.3 Å². The average Bonchev–Trinajstić information content (AvgIpc) is 2.83. The molecule has 3 aromatic rings. The largest absolute Gasteiger partial charge is 0.493 e. The van der Waals surface area contributed by atoms with Crippen LogP contribution in [0.4, 0.5) is 0 Å². The van der Waals surface area contributed by atoms with Gasteiger partial charge in [0.1, 0.15) is 6.61 Å². The maximum absolute atomic E-state index is 12.4. The van der Waals surface area contributed by atoms with Gasteiger partial charge in [-0.2, -0.15) is 5.10 Å². The van der Waals surface area contributed by atoms with Gasteiger partial charge >= 0.3 is 0 Å². The first-order chi connectivity index (χ1) is 16.0. The Morgan fingerprint density at radius 1 is 1.00 bits per heavy atom. The fourth-order valence-corrected chi connectivity index (χ4v) is 3.90. The number of amides is 1. The van der Waals surface area contributed by atoms with Crippen LogP contribution in [0, 0.1) is 3.57 Å². The van der Waals surface area contributed by atoms with Crippen molar-refractivity contribution in [2.24, 2.45) is 5.10 Å². The molecule has 0 radical (unpaired) electrons. The minimum absolute atomic E-state index is 0.306. The molecule has 0 saturated heterocycles. The minimum Gasteiger partial charge on any atom is -0.493 e. The summed E-state index contributed by atoms with van der Waals surface area (Å²) in [6.07, 6.45) is 1.53. The third-order valence-corrected chi connectivity index (χ3v) is 5.78. The molecule has 0 aliphatic rings. The van der Waals surface area contributed by atoms with Crippen LogP contribution in [0.25, 0.3) is 0 Å². The van der Waals surface area contributed by atoms with Crippen molar-refractivity contribution in [3.8, 4) is 23.0 Å². The van der Waals surface area contributed by atoms with Crippen molar-refractivity contribution in [1.29, 1.82) is 0 Å². The maximum atomic E-state index is 12.4. The zero-order valence-corrected chi connectivity index (χ0v) is 21.1. The molecule has 3 rings (SSSR count). The molecule has 0 saturated carbocycles. The lowest BCUT2D eigenvalue weighted by molar-refractivity contribution is 0.0954. The highest BCUT2D eigenvalue weighted by atomic mass is 127. The zero-order chi connectivity index (χ0) is 23.8. The molecular weight excluding hydrogens is 559 g/mol. The predicted molar refractivity (Wildman–Crippen MR) is 136 cm³/mol. The first-order valence-corrected chi connectivity index (χ1v) is 11.2. The van der Waals surface area contributed by atoms with Gasteiger partial charge in [0.05, 0.1) is 31.1 Å². The third kappa shape index (κ3) is 6.29. The maximum Gasteiger partial charge on any atom is 0.271 e. The van der Waals surface area contributed by atoms with E-state index in [-0.39, 0.29) is 5.91 Å². The number of carbonyl (C=O) groups is 1. The quantitative estimate of drug-likeness (QED) is 0.211. The Hall–Kier alpha value is -2.98. The summed E-state index contributed by atoms with van der Waals surface area (Å²) in [5, 5.41) is 4.69. The molecular formula is C24H22ClIN2O5. The van der Waals surface area contributed by atoms with Crippen LogP contribution in [0.1, 0.15) is 21.5 Å². The molecule has 0 bridgehead atoms. The van der Waals surface area contributed by atoms with E-state index >= 15 is 0 Å². The van der Waals surface area contributed by atoms with Gasteiger partial charge in [-0.05, 0) is 64.6 Å². The van der Waals surface area contributed by atoms with E-state index in [0.717, 1.165) is 14.7 Å². The Morgan fingerprint density at radius 2 is 1.73 bits per heavy atom. The summed E-state index contributed by atoms with van der Waals surface area (Å²) in [7, 11) is 4.60. The van der Waals surface area contributed by atoms with Gasteiger partial charge in [-0.1, -0.05) is 29.8 Å². The second kappa shape index (κ2) is 11.8. The standard InChI is InChI=1S/C24H22ClIN2O5/c1-30-20-9-8-16(12-21(20)31-2)24(29)28-27-13-15-10-19(26)23(22(11-15)32-3)33-14-17-6-4-5-7-18(17)25/h4-13H,14H2,1-3H3,(H,28,29)/b27-13+.